The second-order valence-electron chi connectivity index (χ2n) is 5.42. The molecule has 2 aromatic heterocycles. The molecule has 2 rings (SSSR count). The van der Waals surface area contributed by atoms with Crippen LogP contribution in [0.3, 0.4) is 0 Å². The third-order valence-electron chi connectivity index (χ3n) is 2.85. The van der Waals surface area contributed by atoms with Crippen LogP contribution in [-0.4, -0.2) is 9.97 Å². The summed E-state index contributed by atoms with van der Waals surface area (Å²) in [5.74, 6) is -2.86. The molecule has 0 fully saturated rings. The van der Waals surface area contributed by atoms with E-state index in [1.165, 1.54) is 6.20 Å². The van der Waals surface area contributed by atoms with Crippen LogP contribution in [0.2, 0.25) is 0 Å². The Balaban J connectivity index is 2.82. The Morgan fingerprint density at radius 2 is 1.76 bits per heavy atom. The van der Waals surface area contributed by atoms with Crippen molar-refractivity contribution in [1.82, 2.24) is 9.97 Å². The summed E-state index contributed by atoms with van der Waals surface area (Å²) in [7, 11) is 0. The normalized spacial score (nSPS) is 13.3. The molecule has 0 atom stereocenters. The molecule has 0 unspecified atom stereocenters. The molecule has 17 heavy (non-hydrogen) atoms. The maximum atomic E-state index is 13.5. The lowest BCUT2D eigenvalue weighted by Gasteiger charge is -2.21. The number of aromatic amines is 1. The standard InChI is InChI=1S/C13H16F2N2/c1-12(2,3)8-5-6-16-11-10(8)9(7-17-11)13(4,14)15/h5-7H,1-4H3,(H,16,17). The third-order valence-corrected chi connectivity index (χ3v) is 2.85. The number of H-pyrrole nitrogens is 1. The lowest BCUT2D eigenvalue weighted by atomic mass is 9.84. The van der Waals surface area contributed by atoms with Crippen LogP contribution in [0.25, 0.3) is 11.0 Å². The number of fused-ring (bicyclic) bond motifs is 1. The summed E-state index contributed by atoms with van der Waals surface area (Å²) < 4.78 is 27.1. The zero-order valence-electron chi connectivity index (χ0n) is 10.4. The Morgan fingerprint density at radius 1 is 1.12 bits per heavy atom. The molecule has 92 valence electrons. The molecule has 0 aliphatic heterocycles. The van der Waals surface area contributed by atoms with Gasteiger partial charge in [0.15, 0.2) is 0 Å². The summed E-state index contributed by atoms with van der Waals surface area (Å²) in [5.41, 5.74) is 1.24. The number of hydrogen-bond donors (Lipinski definition) is 1. The number of rotatable bonds is 1. The minimum Gasteiger partial charge on any atom is -0.346 e. The van der Waals surface area contributed by atoms with Gasteiger partial charge in [-0.05, 0) is 17.0 Å². The molecule has 0 spiro atoms. The van der Waals surface area contributed by atoms with Gasteiger partial charge in [0.25, 0.3) is 5.92 Å². The number of aromatic nitrogens is 2. The number of pyridine rings is 1. The lowest BCUT2D eigenvalue weighted by Crippen LogP contribution is -2.14. The van der Waals surface area contributed by atoms with E-state index in [-0.39, 0.29) is 11.0 Å². The van der Waals surface area contributed by atoms with E-state index in [2.05, 4.69) is 9.97 Å². The van der Waals surface area contributed by atoms with Gasteiger partial charge in [0.2, 0.25) is 0 Å². The smallest absolute Gasteiger partial charge is 0.272 e. The summed E-state index contributed by atoms with van der Waals surface area (Å²) >= 11 is 0. The molecule has 2 aromatic rings. The van der Waals surface area contributed by atoms with Gasteiger partial charge < -0.3 is 4.98 Å². The van der Waals surface area contributed by atoms with Gasteiger partial charge >= 0.3 is 0 Å². The Kier molecular flexibility index (Phi) is 2.49. The van der Waals surface area contributed by atoms with Crippen molar-refractivity contribution < 1.29 is 8.78 Å². The molecule has 4 heteroatoms. The van der Waals surface area contributed by atoms with E-state index in [0.29, 0.717) is 11.0 Å². The van der Waals surface area contributed by atoms with E-state index in [4.69, 9.17) is 0 Å². The third kappa shape index (κ3) is 2.04. The number of hydrogen-bond acceptors (Lipinski definition) is 1. The highest BCUT2D eigenvalue weighted by Gasteiger charge is 2.31. The first kappa shape index (κ1) is 12.0. The summed E-state index contributed by atoms with van der Waals surface area (Å²) in [6, 6.07) is 1.81. The molecule has 0 aliphatic rings. The van der Waals surface area contributed by atoms with E-state index in [1.54, 1.807) is 6.20 Å². The monoisotopic (exact) mass is 238 g/mol. The Hall–Kier alpha value is -1.45. The minimum absolute atomic E-state index is 0.0190. The van der Waals surface area contributed by atoms with E-state index >= 15 is 0 Å². The predicted octanol–water partition coefficient (Wildman–Crippen LogP) is 3.97. The van der Waals surface area contributed by atoms with Gasteiger partial charge in [0.1, 0.15) is 5.65 Å². The molecule has 0 saturated carbocycles. The number of nitrogens with zero attached hydrogens (tertiary/aromatic N) is 1. The highest BCUT2D eigenvalue weighted by Crippen LogP contribution is 2.37. The maximum Gasteiger partial charge on any atom is 0.272 e. The van der Waals surface area contributed by atoms with Crippen molar-refractivity contribution in [2.24, 2.45) is 0 Å². The second-order valence-corrected chi connectivity index (χ2v) is 5.42. The molecular formula is C13H16F2N2. The van der Waals surface area contributed by atoms with Gasteiger partial charge in [-0.1, -0.05) is 20.8 Å². The van der Waals surface area contributed by atoms with Crippen LogP contribution in [-0.2, 0) is 11.3 Å². The van der Waals surface area contributed by atoms with Crippen molar-refractivity contribution in [3.8, 4) is 0 Å². The summed E-state index contributed by atoms with van der Waals surface area (Å²) in [6.07, 6.45) is 3.00. The largest absolute Gasteiger partial charge is 0.346 e. The average Bonchev–Trinajstić information content (AvgIpc) is 2.57. The van der Waals surface area contributed by atoms with Gasteiger partial charge in [0, 0.05) is 30.3 Å². The van der Waals surface area contributed by atoms with Crippen molar-refractivity contribution in [3.05, 3.63) is 29.6 Å². The van der Waals surface area contributed by atoms with Crippen molar-refractivity contribution in [2.45, 2.75) is 39.0 Å². The number of alkyl halides is 2. The Labute approximate surface area is 99.1 Å². The Morgan fingerprint density at radius 3 is 2.29 bits per heavy atom. The van der Waals surface area contributed by atoms with E-state index in [1.807, 2.05) is 26.8 Å². The van der Waals surface area contributed by atoms with Gasteiger partial charge in [0.05, 0.1) is 0 Å². The summed E-state index contributed by atoms with van der Waals surface area (Å²) in [5, 5.41) is 0.549. The zero-order chi connectivity index (χ0) is 12.8. The van der Waals surface area contributed by atoms with Crippen molar-refractivity contribution >= 4 is 11.0 Å². The predicted molar refractivity (Wildman–Crippen MR) is 64.4 cm³/mol. The summed E-state index contributed by atoms with van der Waals surface area (Å²) in [4.78, 5) is 6.92. The fraction of sp³-hybridized carbons (Fsp3) is 0.462. The fourth-order valence-corrected chi connectivity index (χ4v) is 2.03. The molecule has 2 heterocycles. The van der Waals surface area contributed by atoms with Crippen LogP contribution in [0, 0.1) is 0 Å². The SMILES string of the molecule is CC(C)(C)c1ccnc2[nH]cc(C(C)(F)F)c12. The van der Waals surface area contributed by atoms with Crippen LogP contribution >= 0.6 is 0 Å². The van der Waals surface area contributed by atoms with Gasteiger partial charge in [-0.3, -0.25) is 0 Å². The van der Waals surface area contributed by atoms with Gasteiger partial charge in [-0.15, -0.1) is 0 Å². The molecule has 1 N–H and O–H groups in total. The highest BCUT2D eigenvalue weighted by molar-refractivity contribution is 5.85. The van der Waals surface area contributed by atoms with Gasteiger partial charge in [-0.25, -0.2) is 13.8 Å². The minimum atomic E-state index is -2.86. The molecular weight excluding hydrogens is 222 g/mol. The molecule has 0 aromatic carbocycles. The first-order chi connectivity index (χ1) is 7.71. The lowest BCUT2D eigenvalue weighted by molar-refractivity contribution is 0.0190. The quantitative estimate of drug-likeness (QED) is 0.800. The average molecular weight is 238 g/mol. The van der Waals surface area contributed by atoms with Crippen LogP contribution in [0.5, 0.6) is 0 Å². The molecule has 0 radical (unpaired) electrons. The number of halogens is 2. The highest BCUT2D eigenvalue weighted by atomic mass is 19.3. The molecule has 0 amide bonds. The van der Waals surface area contributed by atoms with Crippen LogP contribution < -0.4 is 0 Å². The van der Waals surface area contributed by atoms with Crippen molar-refractivity contribution in [2.75, 3.05) is 0 Å². The van der Waals surface area contributed by atoms with Gasteiger partial charge in [-0.2, -0.15) is 0 Å². The van der Waals surface area contributed by atoms with Crippen molar-refractivity contribution in [3.63, 3.8) is 0 Å². The van der Waals surface area contributed by atoms with E-state index < -0.39 is 5.92 Å². The Bertz CT molecular complexity index is 545. The van der Waals surface area contributed by atoms with Crippen LogP contribution in [0.1, 0.15) is 38.8 Å². The first-order valence-electron chi connectivity index (χ1n) is 5.56. The second kappa shape index (κ2) is 3.52. The molecule has 2 nitrogen and oxygen atoms in total. The summed E-state index contributed by atoms with van der Waals surface area (Å²) in [6.45, 7) is 6.93. The van der Waals surface area contributed by atoms with E-state index in [9.17, 15) is 8.78 Å². The topological polar surface area (TPSA) is 28.7 Å². The van der Waals surface area contributed by atoms with Crippen LogP contribution in [0.4, 0.5) is 8.78 Å². The fourth-order valence-electron chi connectivity index (χ4n) is 2.03. The van der Waals surface area contributed by atoms with Crippen LogP contribution in [0.15, 0.2) is 18.5 Å². The number of nitrogens with one attached hydrogen (secondary N) is 1. The zero-order valence-corrected chi connectivity index (χ0v) is 10.4. The molecule has 0 aliphatic carbocycles. The maximum absolute atomic E-state index is 13.5. The van der Waals surface area contributed by atoms with Crippen molar-refractivity contribution in [1.29, 1.82) is 0 Å². The first-order valence-corrected chi connectivity index (χ1v) is 5.56. The molecule has 0 bridgehead atoms. The molecule has 0 saturated heterocycles. The van der Waals surface area contributed by atoms with E-state index in [0.717, 1.165) is 12.5 Å².